The zero-order valence-corrected chi connectivity index (χ0v) is 18.0. The largest absolute Gasteiger partial charge is 0.478 e. The normalized spacial score (nSPS) is 20.2. The lowest BCUT2D eigenvalue weighted by Crippen LogP contribution is -2.35. The molecule has 0 atom stereocenters. The van der Waals surface area contributed by atoms with Gasteiger partial charge < -0.3 is 5.11 Å². The number of carbonyl (C=O) groups is 1. The van der Waals surface area contributed by atoms with E-state index < -0.39 is 5.97 Å². The van der Waals surface area contributed by atoms with Gasteiger partial charge in [0.1, 0.15) is 0 Å². The summed E-state index contributed by atoms with van der Waals surface area (Å²) in [6, 6.07) is 14.0. The summed E-state index contributed by atoms with van der Waals surface area (Å²) in [7, 11) is 0. The third kappa shape index (κ3) is 3.77. The van der Waals surface area contributed by atoms with Gasteiger partial charge in [-0.05, 0) is 76.6 Å². The lowest BCUT2D eigenvalue weighted by Gasteiger charge is -2.46. The van der Waals surface area contributed by atoms with E-state index in [-0.39, 0.29) is 9.49 Å². The first-order valence-corrected chi connectivity index (χ1v) is 11.8. The lowest BCUT2D eigenvalue weighted by atomic mass is 9.72. The quantitative estimate of drug-likeness (QED) is 0.575. The second-order valence-electron chi connectivity index (χ2n) is 8.25. The van der Waals surface area contributed by atoms with E-state index in [2.05, 4.69) is 67.7 Å². The van der Waals surface area contributed by atoms with Crippen LogP contribution in [0, 0.1) is 0 Å². The van der Waals surface area contributed by atoms with Crippen molar-refractivity contribution in [2.75, 3.05) is 11.5 Å². The molecule has 1 N–H and O–H groups in total. The van der Waals surface area contributed by atoms with Crippen LogP contribution in [0.2, 0.25) is 0 Å². The van der Waals surface area contributed by atoms with Crippen molar-refractivity contribution in [3.05, 3.63) is 70.3 Å². The molecular weight excluding hydrogens is 384 g/mol. The number of fused-ring (bicyclic) bond motifs is 2. The second kappa shape index (κ2) is 7.64. The number of benzene rings is 2. The van der Waals surface area contributed by atoms with Gasteiger partial charge in [-0.1, -0.05) is 50.3 Å². The van der Waals surface area contributed by atoms with E-state index in [1.165, 1.54) is 47.5 Å². The van der Waals surface area contributed by atoms with Gasteiger partial charge in [0.05, 0.1) is 9.64 Å². The Morgan fingerprint density at radius 1 is 0.929 bits per heavy atom. The first kappa shape index (κ1) is 19.7. The van der Waals surface area contributed by atoms with Crippen molar-refractivity contribution in [2.24, 2.45) is 0 Å². The Morgan fingerprint density at radius 2 is 1.57 bits per heavy atom. The SMILES string of the molecule is CC1(C)CCC2(SCCCS2)c2cc(/C=C/c3ccc(C(=O)O)cc3)ccc21. The summed E-state index contributed by atoms with van der Waals surface area (Å²) in [5.74, 6) is 1.62. The average Bonchev–Trinajstić information content (AvgIpc) is 2.71. The Morgan fingerprint density at radius 3 is 2.25 bits per heavy atom. The number of rotatable bonds is 3. The molecule has 0 bridgehead atoms. The molecule has 2 nitrogen and oxygen atoms in total. The van der Waals surface area contributed by atoms with Gasteiger partial charge in [0.2, 0.25) is 0 Å². The highest BCUT2D eigenvalue weighted by atomic mass is 32.2. The van der Waals surface area contributed by atoms with E-state index >= 15 is 0 Å². The van der Waals surface area contributed by atoms with E-state index in [0.29, 0.717) is 5.56 Å². The van der Waals surface area contributed by atoms with Crippen molar-refractivity contribution < 1.29 is 9.90 Å². The zero-order chi connectivity index (χ0) is 19.8. The van der Waals surface area contributed by atoms with Crippen LogP contribution in [0.3, 0.4) is 0 Å². The van der Waals surface area contributed by atoms with Gasteiger partial charge in [-0.25, -0.2) is 4.79 Å². The number of hydrogen-bond acceptors (Lipinski definition) is 3. The minimum absolute atomic E-state index is 0.218. The minimum atomic E-state index is -0.888. The van der Waals surface area contributed by atoms with Crippen molar-refractivity contribution in [1.29, 1.82) is 0 Å². The summed E-state index contributed by atoms with van der Waals surface area (Å²) in [6.07, 6.45) is 8.00. The number of aromatic carboxylic acids is 1. The van der Waals surface area contributed by atoms with E-state index in [4.69, 9.17) is 5.11 Å². The fourth-order valence-corrected chi connectivity index (χ4v) is 7.52. The van der Waals surface area contributed by atoms with Gasteiger partial charge in [0, 0.05) is 0 Å². The molecule has 1 fully saturated rings. The maximum Gasteiger partial charge on any atom is 0.335 e. The molecule has 0 aromatic heterocycles. The average molecular weight is 411 g/mol. The third-order valence-corrected chi connectivity index (χ3v) is 9.32. The first-order chi connectivity index (χ1) is 13.4. The van der Waals surface area contributed by atoms with Gasteiger partial charge in [-0.15, -0.1) is 23.5 Å². The molecule has 1 spiro atoms. The molecule has 0 radical (unpaired) electrons. The van der Waals surface area contributed by atoms with E-state index in [1.54, 1.807) is 12.1 Å². The standard InChI is InChI=1S/C24H26O2S2/c1-23(2)12-13-24(27-14-3-15-28-24)21-16-18(8-11-20(21)23)5-4-17-6-9-19(10-7-17)22(25)26/h4-11,16H,3,12-15H2,1-2H3,(H,25,26)/b5-4+. The van der Waals surface area contributed by atoms with Crippen LogP contribution < -0.4 is 0 Å². The van der Waals surface area contributed by atoms with E-state index in [0.717, 1.165) is 5.56 Å². The van der Waals surface area contributed by atoms with Crippen molar-refractivity contribution in [1.82, 2.24) is 0 Å². The highest BCUT2D eigenvalue weighted by Gasteiger charge is 2.44. The highest BCUT2D eigenvalue weighted by Crippen LogP contribution is 2.59. The van der Waals surface area contributed by atoms with E-state index in [1.807, 2.05) is 12.1 Å². The fraction of sp³-hybridized carbons (Fsp3) is 0.375. The van der Waals surface area contributed by atoms with Gasteiger partial charge in [-0.2, -0.15) is 0 Å². The molecule has 1 aliphatic carbocycles. The topological polar surface area (TPSA) is 37.3 Å². The van der Waals surface area contributed by atoms with Crippen LogP contribution in [0.5, 0.6) is 0 Å². The molecule has 1 saturated heterocycles. The zero-order valence-electron chi connectivity index (χ0n) is 16.4. The van der Waals surface area contributed by atoms with Gasteiger partial charge >= 0.3 is 5.97 Å². The number of hydrogen-bond donors (Lipinski definition) is 1. The number of carboxylic acid groups (broad SMARTS) is 1. The second-order valence-corrected chi connectivity index (χ2v) is 11.3. The number of thioether (sulfide) groups is 2. The molecule has 2 aromatic carbocycles. The van der Waals surface area contributed by atoms with Gasteiger partial charge in [-0.3, -0.25) is 0 Å². The van der Waals surface area contributed by atoms with Crippen LogP contribution in [-0.2, 0) is 9.49 Å². The summed E-state index contributed by atoms with van der Waals surface area (Å²) < 4.78 is 0.218. The monoisotopic (exact) mass is 410 g/mol. The van der Waals surface area contributed by atoms with Crippen molar-refractivity contribution in [3.63, 3.8) is 0 Å². The van der Waals surface area contributed by atoms with E-state index in [9.17, 15) is 4.79 Å². The van der Waals surface area contributed by atoms with Crippen LogP contribution >= 0.6 is 23.5 Å². The maximum absolute atomic E-state index is 11.0. The van der Waals surface area contributed by atoms with Gasteiger partial charge in [0.15, 0.2) is 0 Å². The Labute approximate surface area is 175 Å². The Balaban J connectivity index is 1.66. The molecule has 146 valence electrons. The molecule has 2 aliphatic rings. The summed E-state index contributed by atoms with van der Waals surface area (Å²) >= 11 is 4.28. The summed E-state index contributed by atoms with van der Waals surface area (Å²) in [5, 5.41) is 9.04. The molecule has 4 rings (SSSR count). The summed E-state index contributed by atoms with van der Waals surface area (Å²) in [5.41, 5.74) is 5.80. The molecule has 2 aromatic rings. The molecule has 0 unspecified atom stereocenters. The Kier molecular flexibility index (Phi) is 5.36. The third-order valence-electron chi connectivity index (χ3n) is 5.85. The summed E-state index contributed by atoms with van der Waals surface area (Å²) in [6.45, 7) is 4.74. The molecule has 0 amide bonds. The smallest absolute Gasteiger partial charge is 0.335 e. The van der Waals surface area contributed by atoms with Gasteiger partial charge in [0.25, 0.3) is 0 Å². The predicted octanol–water partition coefficient (Wildman–Crippen LogP) is 6.65. The van der Waals surface area contributed by atoms with Crippen LogP contribution in [0.15, 0.2) is 42.5 Å². The van der Waals surface area contributed by atoms with Crippen molar-refractivity contribution in [2.45, 2.75) is 42.6 Å². The molecule has 0 saturated carbocycles. The van der Waals surface area contributed by atoms with Crippen LogP contribution in [-0.4, -0.2) is 22.6 Å². The summed E-state index contributed by atoms with van der Waals surface area (Å²) in [4.78, 5) is 11.0. The molecule has 28 heavy (non-hydrogen) atoms. The molecular formula is C24H26O2S2. The lowest BCUT2D eigenvalue weighted by molar-refractivity contribution is 0.0697. The highest BCUT2D eigenvalue weighted by molar-refractivity contribution is 8.18. The van der Waals surface area contributed by atoms with Crippen LogP contribution in [0.4, 0.5) is 0 Å². The maximum atomic E-state index is 11.0. The first-order valence-electron chi connectivity index (χ1n) is 9.84. The predicted molar refractivity (Wildman–Crippen MR) is 122 cm³/mol. The molecule has 1 aliphatic heterocycles. The minimum Gasteiger partial charge on any atom is -0.478 e. The molecule has 1 heterocycles. The van der Waals surface area contributed by atoms with Crippen molar-refractivity contribution in [3.8, 4) is 0 Å². The van der Waals surface area contributed by atoms with Crippen LogP contribution in [0.25, 0.3) is 12.2 Å². The Hall–Kier alpha value is -1.65. The van der Waals surface area contributed by atoms with Crippen LogP contribution in [0.1, 0.15) is 65.7 Å². The van der Waals surface area contributed by atoms with Crippen molar-refractivity contribution >= 4 is 41.6 Å². The molecule has 4 heteroatoms. The number of carboxylic acids is 1. The fourth-order valence-electron chi connectivity index (χ4n) is 4.12. The Bertz CT molecular complexity index is 907.